The number of amides is 1. The van der Waals surface area contributed by atoms with E-state index in [-0.39, 0.29) is 5.91 Å². The first-order valence-electron chi connectivity index (χ1n) is 9.14. The van der Waals surface area contributed by atoms with Crippen molar-refractivity contribution in [3.63, 3.8) is 0 Å². The van der Waals surface area contributed by atoms with Crippen molar-refractivity contribution in [1.82, 2.24) is 15.4 Å². The second-order valence-corrected chi connectivity index (χ2v) is 6.89. The number of para-hydroxylation sites is 1. The van der Waals surface area contributed by atoms with E-state index in [2.05, 4.69) is 15.4 Å². The van der Waals surface area contributed by atoms with E-state index in [1.807, 2.05) is 55.6 Å². The van der Waals surface area contributed by atoms with Crippen molar-refractivity contribution in [2.75, 3.05) is 31.6 Å². The Morgan fingerprint density at radius 3 is 2.63 bits per heavy atom. The molecule has 1 aromatic heterocycles. The molecule has 0 aliphatic carbocycles. The van der Waals surface area contributed by atoms with Crippen LogP contribution in [0, 0.1) is 0 Å². The minimum atomic E-state index is -0.558. The minimum absolute atomic E-state index is 0.0836. The summed E-state index contributed by atoms with van der Waals surface area (Å²) >= 11 is 0. The lowest BCUT2D eigenvalue weighted by Gasteiger charge is -2.35. The number of hydrogen-bond acceptors (Lipinski definition) is 6. The third kappa shape index (κ3) is 3.84. The predicted octanol–water partition coefficient (Wildman–Crippen LogP) is 1.82. The van der Waals surface area contributed by atoms with Gasteiger partial charge in [0.25, 0.3) is 0 Å². The van der Waals surface area contributed by atoms with Crippen molar-refractivity contribution in [3.05, 3.63) is 60.4 Å². The van der Waals surface area contributed by atoms with E-state index in [1.165, 1.54) is 0 Å². The van der Waals surface area contributed by atoms with Crippen LogP contribution in [0.25, 0.3) is 0 Å². The number of likely N-dealkylation sites (N-methyl/N-ethyl adjacent to an activating group) is 1. The number of likely N-dealkylation sites (tertiary alicyclic amines) is 1. The Bertz CT molecular complexity index is 817. The number of rotatable bonds is 4. The number of carbonyl (C=O) groups excluding carboxylic acids is 1. The lowest BCUT2D eigenvalue weighted by Crippen LogP contribution is -2.47. The van der Waals surface area contributed by atoms with Crippen LogP contribution < -0.4 is 10.4 Å². The first-order valence-corrected chi connectivity index (χ1v) is 9.14. The Hall–Kier alpha value is -2.77. The van der Waals surface area contributed by atoms with Crippen molar-refractivity contribution in [3.8, 4) is 0 Å². The smallest absolute Gasteiger partial charge is 0.240 e. The number of benzene rings is 1. The molecular weight excluding hydrogens is 342 g/mol. The molecule has 3 heterocycles. The van der Waals surface area contributed by atoms with Gasteiger partial charge in [-0.25, -0.2) is 15.3 Å². The number of hydrogen-bond donors (Lipinski definition) is 1. The maximum Gasteiger partial charge on any atom is 0.240 e. The van der Waals surface area contributed by atoms with Crippen molar-refractivity contribution < 1.29 is 9.63 Å². The maximum absolute atomic E-state index is 12.6. The Kier molecular flexibility index (Phi) is 4.87. The number of carbonyl (C=O) groups is 1. The summed E-state index contributed by atoms with van der Waals surface area (Å²) in [5, 5.41) is 0. The summed E-state index contributed by atoms with van der Waals surface area (Å²) in [5.41, 5.74) is 4.05. The summed E-state index contributed by atoms with van der Waals surface area (Å²) < 4.78 is 0. The summed E-state index contributed by atoms with van der Waals surface area (Å²) in [4.78, 5) is 31.3. The first-order chi connectivity index (χ1) is 13.2. The molecule has 1 aromatic carbocycles. The van der Waals surface area contributed by atoms with Gasteiger partial charge in [-0.1, -0.05) is 24.3 Å². The maximum atomic E-state index is 12.6. The Morgan fingerprint density at radius 2 is 1.93 bits per heavy atom. The van der Waals surface area contributed by atoms with E-state index < -0.39 is 5.72 Å². The van der Waals surface area contributed by atoms with Crippen LogP contribution in [-0.2, 0) is 9.63 Å². The highest BCUT2D eigenvalue weighted by Gasteiger charge is 2.41. The highest BCUT2D eigenvalue weighted by Crippen LogP contribution is 2.30. The number of aliphatic imine (C=N–C) groups is 1. The van der Waals surface area contributed by atoms with Gasteiger partial charge in [0.05, 0.1) is 6.54 Å². The molecule has 7 nitrogen and oxygen atoms in total. The van der Waals surface area contributed by atoms with E-state index in [4.69, 9.17) is 9.83 Å². The quantitative estimate of drug-likeness (QED) is 0.895. The number of nitrogens with one attached hydrogen (secondary N) is 1. The van der Waals surface area contributed by atoms with E-state index in [0.29, 0.717) is 12.4 Å². The Balaban J connectivity index is 1.34. The second kappa shape index (κ2) is 7.46. The fourth-order valence-electron chi connectivity index (χ4n) is 3.37. The summed E-state index contributed by atoms with van der Waals surface area (Å²) in [6.45, 7) is 1.91. The van der Waals surface area contributed by atoms with E-state index in [9.17, 15) is 4.79 Å². The van der Waals surface area contributed by atoms with Gasteiger partial charge in [0, 0.05) is 44.9 Å². The van der Waals surface area contributed by atoms with Gasteiger partial charge >= 0.3 is 0 Å². The molecule has 1 N–H and O–H groups in total. The first kappa shape index (κ1) is 17.6. The van der Waals surface area contributed by atoms with Gasteiger partial charge in [0.15, 0.2) is 11.6 Å². The number of piperidine rings is 1. The number of pyridine rings is 1. The van der Waals surface area contributed by atoms with Gasteiger partial charge in [-0.3, -0.25) is 14.7 Å². The van der Waals surface area contributed by atoms with Gasteiger partial charge in [-0.05, 0) is 24.3 Å². The molecule has 2 aromatic rings. The molecule has 0 bridgehead atoms. The largest absolute Gasteiger partial charge is 0.314 e. The highest BCUT2D eigenvalue weighted by atomic mass is 16.7. The molecule has 4 rings (SSSR count). The normalized spacial score (nSPS) is 18.8. The number of aromatic nitrogens is 1. The van der Waals surface area contributed by atoms with Crippen LogP contribution in [0.4, 0.5) is 5.69 Å². The average Bonchev–Trinajstić information content (AvgIpc) is 3.14. The minimum Gasteiger partial charge on any atom is -0.314 e. The molecule has 1 amide bonds. The molecule has 0 unspecified atom stereocenters. The zero-order chi connectivity index (χ0) is 18.7. The van der Waals surface area contributed by atoms with Gasteiger partial charge in [0.2, 0.25) is 5.91 Å². The molecule has 0 radical (unpaired) electrons. The van der Waals surface area contributed by atoms with Gasteiger partial charge in [-0.15, -0.1) is 0 Å². The van der Waals surface area contributed by atoms with Crippen molar-refractivity contribution in [1.29, 1.82) is 0 Å². The molecule has 0 saturated carbocycles. The van der Waals surface area contributed by atoms with Crippen molar-refractivity contribution >= 4 is 17.4 Å². The van der Waals surface area contributed by atoms with Gasteiger partial charge in [-0.2, -0.15) is 0 Å². The lowest BCUT2D eigenvalue weighted by molar-refractivity contribution is -0.122. The molecule has 2 aliphatic rings. The van der Waals surface area contributed by atoms with Crippen LogP contribution in [0.1, 0.15) is 18.5 Å². The van der Waals surface area contributed by atoms with Crippen molar-refractivity contribution in [2.24, 2.45) is 4.99 Å². The summed E-state index contributed by atoms with van der Waals surface area (Å²) in [6.07, 6.45) is 3.21. The van der Waals surface area contributed by atoms with Crippen LogP contribution >= 0.6 is 0 Å². The Morgan fingerprint density at radius 1 is 1.19 bits per heavy atom. The van der Waals surface area contributed by atoms with Crippen LogP contribution in [0.5, 0.6) is 0 Å². The van der Waals surface area contributed by atoms with Crippen LogP contribution in [-0.4, -0.2) is 54.0 Å². The molecule has 1 saturated heterocycles. The monoisotopic (exact) mass is 365 g/mol. The molecule has 1 fully saturated rings. The summed E-state index contributed by atoms with van der Waals surface area (Å²) in [5.74, 6) is 0.754. The number of anilines is 1. The van der Waals surface area contributed by atoms with Crippen LogP contribution in [0.2, 0.25) is 0 Å². The molecule has 0 atom stereocenters. The molecular formula is C20H23N5O2. The topological polar surface area (TPSA) is 70.1 Å². The highest BCUT2D eigenvalue weighted by molar-refractivity contribution is 5.97. The zero-order valence-corrected chi connectivity index (χ0v) is 15.3. The molecule has 7 heteroatoms. The summed E-state index contributed by atoms with van der Waals surface area (Å²) in [7, 11) is 1.82. The van der Waals surface area contributed by atoms with E-state index >= 15 is 0 Å². The molecule has 1 spiro atoms. The number of amidine groups is 1. The van der Waals surface area contributed by atoms with Gasteiger partial charge < -0.3 is 4.90 Å². The third-order valence-electron chi connectivity index (χ3n) is 5.07. The number of nitrogens with zero attached hydrogens (tertiary/aromatic N) is 4. The number of hydroxylamine groups is 1. The second-order valence-electron chi connectivity index (χ2n) is 6.89. The van der Waals surface area contributed by atoms with Crippen molar-refractivity contribution in [2.45, 2.75) is 18.6 Å². The van der Waals surface area contributed by atoms with Crippen LogP contribution in [0.15, 0.2) is 59.7 Å². The molecule has 140 valence electrons. The van der Waals surface area contributed by atoms with Gasteiger partial charge in [0.1, 0.15) is 5.69 Å². The summed E-state index contributed by atoms with van der Waals surface area (Å²) in [6, 6.07) is 15.4. The van der Waals surface area contributed by atoms with Crippen LogP contribution in [0.3, 0.4) is 0 Å². The molecule has 2 aliphatic heterocycles. The Labute approximate surface area is 158 Å². The average molecular weight is 365 g/mol. The fourth-order valence-corrected chi connectivity index (χ4v) is 3.37. The zero-order valence-electron chi connectivity index (χ0n) is 15.3. The fraction of sp³-hybridized carbons (Fsp3) is 0.350. The third-order valence-corrected chi connectivity index (χ3v) is 5.07. The lowest BCUT2D eigenvalue weighted by atomic mass is 10.0. The van der Waals surface area contributed by atoms with E-state index in [1.54, 1.807) is 11.1 Å². The standard InChI is InChI=1S/C20H23N5O2/c1-24(16-7-3-2-4-8-16)18(26)15-25-13-10-20(11-14-25)22-19(23-27-20)17-9-5-6-12-21-17/h2-9,12H,10-11,13-15H2,1H3,(H,22,23). The SMILES string of the molecule is CN(C(=O)CN1CCC2(CC1)N=C(c1ccccn1)NO2)c1ccccc1. The van der Waals surface area contributed by atoms with E-state index in [0.717, 1.165) is 37.3 Å². The molecule has 27 heavy (non-hydrogen) atoms. The predicted molar refractivity (Wildman–Crippen MR) is 103 cm³/mol.